The summed E-state index contributed by atoms with van der Waals surface area (Å²) in [6.45, 7) is -0.481. The molecule has 2 N–H and O–H groups in total. The van der Waals surface area contributed by atoms with Gasteiger partial charge in [-0.1, -0.05) is 6.42 Å². The summed E-state index contributed by atoms with van der Waals surface area (Å²) in [6.07, 6.45) is 4.60. The van der Waals surface area contributed by atoms with E-state index in [4.69, 9.17) is 0 Å². The highest BCUT2D eigenvalue weighted by Crippen LogP contribution is 2.46. The van der Waals surface area contributed by atoms with Gasteiger partial charge >= 0.3 is 5.97 Å². The van der Waals surface area contributed by atoms with Gasteiger partial charge in [-0.2, -0.15) is 4.72 Å². The number of sulfonamides is 1. The number of nitrogens with one attached hydrogen (secondary N) is 2. The minimum Gasteiger partial charge on any atom is -0.468 e. The molecule has 3 rings (SSSR count). The van der Waals surface area contributed by atoms with Crippen molar-refractivity contribution in [1.29, 1.82) is 0 Å². The molecule has 0 heterocycles. The van der Waals surface area contributed by atoms with E-state index in [-0.39, 0.29) is 16.8 Å². The number of methoxy groups -OCH3 is 1. The Hall–Kier alpha value is -2.13. The topological polar surface area (TPSA) is 105 Å². The van der Waals surface area contributed by atoms with Crippen LogP contribution in [-0.2, 0) is 19.6 Å². The van der Waals surface area contributed by atoms with Gasteiger partial charge in [0.2, 0.25) is 10.0 Å². The van der Waals surface area contributed by atoms with Crippen molar-refractivity contribution in [1.82, 2.24) is 9.62 Å². The van der Waals surface area contributed by atoms with Gasteiger partial charge in [-0.25, -0.2) is 8.42 Å². The maximum absolute atomic E-state index is 13.0. The molecule has 2 bridgehead atoms. The number of carbonyl (C=O) groups excluding carboxylic acids is 2. The third kappa shape index (κ3) is 4.00. The molecule has 1 amide bonds. The lowest BCUT2D eigenvalue weighted by Crippen LogP contribution is -2.40. The van der Waals surface area contributed by atoms with Crippen LogP contribution in [0.2, 0.25) is 0 Å². The number of hydrogen-bond donors (Lipinski definition) is 2. The van der Waals surface area contributed by atoms with Gasteiger partial charge in [0.1, 0.15) is 11.4 Å². The van der Waals surface area contributed by atoms with Crippen LogP contribution in [0.4, 0.5) is 5.69 Å². The first-order chi connectivity index (χ1) is 13.3. The van der Waals surface area contributed by atoms with Crippen molar-refractivity contribution in [3.05, 3.63) is 23.8 Å². The van der Waals surface area contributed by atoms with Gasteiger partial charge in [-0.05, 0) is 49.3 Å². The largest absolute Gasteiger partial charge is 0.468 e. The highest BCUT2D eigenvalue weighted by molar-refractivity contribution is 7.89. The number of fused-ring (bicyclic) bond motifs is 2. The Morgan fingerprint density at radius 2 is 2.00 bits per heavy atom. The van der Waals surface area contributed by atoms with E-state index in [1.54, 1.807) is 31.1 Å². The number of esters is 1. The molecule has 0 radical (unpaired) electrons. The second-order valence-corrected chi connectivity index (χ2v) is 9.26. The third-order valence-electron chi connectivity index (χ3n) is 5.94. The van der Waals surface area contributed by atoms with Crippen LogP contribution in [0.3, 0.4) is 0 Å². The summed E-state index contributed by atoms with van der Waals surface area (Å²) in [6, 6.07) is 4.76. The Labute approximate surface area is 165 Å². The number of hydrogen-bond acceptors (Lipinski definition) is 6. The summed E-state index contributed by atoms with van der Waals surface area (Å²) < 4.78 is 32.0. The summed E-state index contributed by atoms with van der Waals surface area (Å²) >= 11 is 0. The zero-order valence-corrected chi connectivity index (χ0v) is 17.2. The predicted molar refractivity (Wildman–Crippen MR) is 105 cm³/mol. The van der Waals surface area contributed by atoms with Gasteiger partial charge in [0, 0.05) is 25.7 Å². The van der Waals surface area contributed by atoms with Crippen molar-refractivity contribution in [2.45, 2.75) is 36.6 Å². The van der Waals surface area contributed by atoms with Gasteiger partial charge < -0.3 is 15.0 Å². The van der Waals surface area contributed by atoms with Crippen molar-refractivity contribution in [3.8, 4) is 0 Å². The van der Waals surface area contributed by atoms with Crippen molar-refractivity contribution in [3.63, 3.8) is 0 Å². The zero-order valence-electron chi connectivity index (χ0n) is 16.4. The Bertz CT molecular complexity index is 870. The van der Waals surface area contributed by atoms with E-state index in [2.05, 4.69) is 14.8 Å². The van der Waals surface area contributed by atoms with Gasteiger partial charge in [0.15, 0.2) is 0 Å². The molecule has 154 valence electrons. The molecule has 8 nitrogen and oxygen atoms in total. The Morgan fingerprint density at radius 1 is 1.25 bits per heavy atom. The fourth-order valence-electron chi connectivity index (χ4n) is 4.43. The maximum atomic E-state index is 13.0. The Kier molecular flexibility index (Phi) is 5.95. The number of ether oxygens (including phenoxy) is 1. The summed E-state index contributed by atoms with van der Waals surface area (Å²) in [5.41, 5.74) is 0.652. The van der Waals surface area contributed by atoms with Crippen molar-refractivity contribution in [2.24, 2.45) is 11.8 Å². The van der Waals surface area contributed by atoms with Crippen LogP contribution in [0.15, 0.2) is 23.1 Å². The van der Waals surface area contributed by atoms with Crippen molar-refractivity contribution >= 4 is 27.6 Å². The van der Waals surface area contributed by atoms with E-state index in [1.165, 1.54) is 26.0 Å². The van der Waals surface area contributed by atoms with Crippen LogP contribution in [0, 0.1) is 11.8 Å². The van der Waals surface area contributed by atoms with Gasteiger partial charge in [-0.15, -0.1) is 0 Å². The fraction of sp³-hybridized carbons (Fsp3) is 0.579. The lowest BCUT2D eigenvalue weighted by molar-refractivity contribution is -0.139. The molecule has 3 atom stereocenters. The average molecular weight is 410 g/mol. The van der Waals surface area contributed by atoms with E-state index < -0.39 is 22.5 Å². The third-order valence-corrected chi connectivity index (χ3v) is 7.38. The molecule has 0 aliphatic heterocycles. The molecular formula is C19H27N3O5S. The van der Waals surface area contributed by atoms with Crippen LogP contribution in [0.5, 0.6) is 0 Å². The molecule has 2 aliphatic rings. The predicted octanol–water partition coefficient (Wildman–Crippen LogP) is 1.44. The number of carbonyl (C=O) groups is 2. The van der Waals surface area contributed by atoms with Crippen molar-refractivity contribution in [2.75, 3.05) is 33.1 Å². The highest BCUT2D eigenvalue weighted by Gasteiger charge is 2.42. The quantitative estimate of drug-likeness (QED) is 0.661. The molecule has 2 fully saturated rings. The van der Waals surface area contributed by atoms with Gasteiger partial charge in [0.05, 0.1) is 12.8 Å². The number of benzene rings is 1. The molecule has 0 saturated heterocycles. The summed E-state index contributed by atoms with van der Waals surface area (Å²) in [7, 11) is 0.569. The first kappa shape index (κ1) is 20.6. The minimum atomic E-state index is -4.00. The molecule has 9 heteroatoms. The molecule has 28 heavy (non-hydrogen) atoms. The number of rotatable bonds is 7. The fourth-order valence-corrected chi connectivity index (χ4v) is 5.63. The maximum Gasteiger partial charge on any atom is 0.320 e. The smallest absolute Gasteiger partial charge is 0.320 e. The molecule has 1 aromatic rings. The van der Waals surface area contributed by atoms with Crippen LogP contribution in [0.25, 0.3) is 0 Å². The Balaban J connectivity index is 1.83. The number of amides is 1. The highest BCUT2D eigenvalue weighted by atomic mass is 32.2. The number of anilines is 1. The van der Waals surface area contributed by atoms with E-state index in [0.29, 0.717) is 23.1 Å². The molecule has 0 aromatic heterocycles. The van der Waals surface area contributed by atoms with E-state index in [1.807, 2.05) is 0 Å². The first-order valence-electron chi connectivity index (χ1n) is 9.42. The second kappa shape index (κ2) is 8.08. The Morgan fingerprint density at radius 3 is 2.57 bits per heavy atom. The SMILES string of the molecule is CNc1ccc(C(=O)N(C)[C@@H]2C[C@H]3CC[C@@H]2C3)cc1S(=O)(=O)NCC(=O)OC. The summed E-state index contributed by atoms with van der Waals surface area (Å²) in [5, 5.41) is 2.82. The lowest BCUT2D eigenvalue weighted by Gasteiger charge is -2.31. The molecular weight excluding hydrogens is 382 g/mol. The van der Waals surface area contributed by atoms with E-state index in [0.717, 1.165) is 12.8 Å². The van der Waals surface area contributed by atoms with Crippen LogP contribution < -0.4 is 10.0 Å². The van der Waals surface area contributed by atoms with Crippen LogP contribution >= 0.6 is 0 Å². The van der Waals surface area contributed by atoms with E-state index in [9.17, 15) is 18.0 Å². The number of nitrogens with zero attached hydrogens (tertiary/aromatic N) is 1. The zero-order chi connectivity index (χ0) is 20.5. The standard InChI is InChI=1S/C19H27N3O5S/c1-20-15-7-6-14(10-17(15)28(25,26)21-11-18(23)27-3)19(24)22(2)16-9-12-4-5-13(16)8-12/h6-7,10,12-13,16,20-21H,4-5,8-9,11H2,1-3H3/t12-,13+,16+/m0/s1. The molecule has 1 aromatic carbocycles. The van der Waals surface area contributed by atoms with Crippen LogP contribution in [0.1, 0.15) is 36.0 Å². The van der Waals surface area contributed by atoms with Crippen LogP contribution in [-0.4, -0.2) is 59.0 Å². The normalized spacial score (nSPS) is 23.5. The van der Waals surface area contributed by atoms with E-state index >= 15 is 0 Å². The molecule has 2 aliphatic carbocycles. The van der Waals surface area contributed by atoms with Crippen molar-refractivity contribution < 1.29 is 22.7 Å². The molecule has 0 unspecified atom stereocenters. The molecule has 0 spiro atoms. The monoisotopic (exact) mass is 409 g/mol. The average Bonchev–Trinajstić information content (AvgIpc) is 3.34. The minimum absolute atomic E-state index is 0.0777. The lowest BCUT2D eigenvalue weighted by atomic mass is 9.94. The first-order valence-corrected chi connectivity index (χ1v) is 10.9. The summed E-state index contributed by atoms with van der Waals surface area (Å²) in [5.74, 6) is 0.360. The second-order valence-electron chi connectivity index (χ2n) is 7.52. The summed E-state index contributed by atoms with van der Waals surface area (Å²) in [4.78, 5) is 26.0. The van der Waals surface area contributed by atoms with Gasteiger partial charge in [0.25, 0.3) is 5.91 Å². The molecule has 2 saturated carbocycles. The van der Waals surface area contributed by atoms with Gasteiger partial charge in [-0.3, -0.25) is 9.59 Å².